The van der Waals surface area contributed by atoms with Crippen LogP contribution in [0, 0.1) is 34.5 Å². The first-order valence-corrected chi connectivity index (χ1v) is 13.8. The monoisotopic (exact) mass is 472 g/mol. The van der Waals surface area contributed by atoms with Gasteiger partial charge in [-0.3, -0.25) is 0 Å². The summed E-state index contributed by atoms with van der Waals surface area (Å²) in [6, 6.07) is 11.2. The predicted octanol–water partition coefficient (Wildman–Crippen LogP) is 5.38. The Labute approximate surface area is 188 Å². The Balaban J connectivity index is 1.58. The zero-order valence-corrected chi connectivity index (χ0v) is 20.5. The van der Waals surface area contributed by atoms with Crippen molar-refractivity contribution in [2.24, 2.45) is 34.5 Å². The Bertz CT molecular complexity index is 850. The summed E-state index contributed by atoms with van der Waals surface area (Å²) in [5.74, 6) is 3.20. The second-order valence-electron chi connectivity index (χ2n) is 11.2. The van der Waals surface area contributed by atoms with Gasteiger partial charge in [0.05, 0.1) is 0 Å². The van der Waals surface area contributed by atoms with Gasteiger partial charge in [0, 0.05) is 0 Å². The van der Waals surface area contributed by atoms with Crippen LogP contribution >= 0.6 is 0 Å². The van der Waals surface area contributed by atoms with E-state index in [1.54, 1.807) is 0 Å². The summed E-state index contributed by atoms with van der Waals surface area (Å²) in [6.45, 7) is 6.87. The van der Waals surface area contributed by atoms with Gasteiger partial charge in [0.15, 0.2) is 0 Å². The molecule has 0 heterocycles. The molecule has 30 heavy (non-hydrogen) atoms. The molecule has 0 bridgehead atoms. The number of Topliss-reactive ketones (excluding diaryl/α,β-unsaturated/α-hetero) is 2. The third-order valence-corrected chi connectivity index (χ3v) is 14.0. The van der Waals surface area contributed by atoms with Gasteiger partial charge in [0.2, 0.25) is 0 Å². The molecule has 0 amide bonds. The fourth-order valence-electron chi connectivity index (χ4n) is 8.58. The molecule has 3 heteroatoms. The normalized spacial score (nSPS) is 45.4. The topological polar surface area (TPSA) is 34.1 Å². The van der Waals surface area contributed by atoms with E-state index in [-0.39, 0.29) is 15.6 Å². The molecular weight excluding hydrogens is 435 g/mol. The summed E-state index contributed by atoms with van der Waals surface area (Å²) >= 11 is 0.379. The molecule has 1 aromatic rings. The van der Waals surface area contributed by atoms with Crippen molar-refractivity contribution >= 4 is 31.0 Å². The van der Waals surface area contributed by atoms with E-state index in [1.807, 2.05) is 6.92 Å². The van der Waals surface area contributed by atoms with Crippen LogP contribution in [-0.2, 0) is 9.59 Å². The molecule has 0 saturated heterocycles. The van der Waals surface area contributed by atoms with E-state index in [1.165, 1.54) is 36.6 Å². The molecule has 162 valence electrons. The summed E-state index contributed by atoms with van der Waals surface area (Å²) in [6.07, 6.45) is 9.97. The molecule has 2 nitrogen and oxygen atoms in total. The Morgan fingerprint density at radius 3 is 2.47 bits per heavy atom. The van der Waals surface area contributed by atoms with Gasteiger partial charge in [-0.1, -0.05) is 0 Å². The second kappa shape index (κ2) is 7.31. The third-order valence-electron chi connectivity index (χ3n) is 10.2. The van der Waals surface area contributed by atoms with E-state index in [9.17, 15) is 9.59 Å². The Morgan fingerprint density at radius 1 is 0.967 bits per heavy atom. The van der Waals surface area contributed by atoms with Crippen LogP contribution in [0.15, 0.2) is 30.3 Å². The van der Waals surface area contributed by atoms with Gasteiger partial charge in [-0.05, 0) is 0 Å². The molecule has 4 aliphatic rings. The van der Waals surface area contributed by atoms with Crippen LogP contribution in [0.2, 0.25) is 4.31 Å². The number of hydrogen-bond acceptors (Lipinski definition) is 2. The van der Waals surface area contributed by atoms with Crippen molar-refractivity contribution in [2.75, 3.05) is 0 Å². The molecule has 0 N–H and O–H groups in total. The summed E-state index contributed by atoms with van der Waals surface area (Å²) in [5.41, 5.74) is 0.468. The summed E-state index contributed by atoms with van der Waals surface area (Å²) < 4.78 is 1.79. The Hall–Kier alpha value is -0.921. The number of fused-ring (bicyclic) bond motifs is 5. The first-order chi connectivity index (χ1) is 14.3. The summed E-state index contributed by atoms with van der Waals surface area (Å²) in [5, 5.41) is 0. The van der Waals surface area contributed by atoms with Crippen molar-refractivity contribution in [3.63, 3.8) is 0 Å². The molecule has 0 radical (unpaired) electrons. The van der Waals surface area contributed by atoms with E-state index in [4.69, 9.17) is 0 Å². The first-order valence-electron chi connectivity index (χ1n) is 12.1. The molecule has 7 atom stereocenters. The predicted molar refractivity (Wildman–Crippen MR) is 122 cm³/mol. The van der Waals surface area contributed by atoms with Crippen LogP contribution in [0.25, 0.3) is 0 Å². The second-order valence-corrected chi connectivity index (χ2v) is 14.1. The van der Waals surface area contributed by atoms with E-state index in [0.717, 1.165) is 37.5 Å². The van der Waals surface area contributed by atoms with Crippen LogP contribution in [0.4, 0.5) is 0 Å². The van der Waals surface area contributed by atoms with Crippen molar-refractivity contribution in [3.8, 4) is 0 Å². The average molecular weight is 472 g/mol. The van der Waals surface area contributed by atoms with Crippen LogP contribution in [0.5, 0.6) is 0 Å². The van der Waals surface area contributed by atoms with Gasteiger partial charge in [-0.15, -0.1) is 0 Å². The van der Waals surface area contributed by atoms with Gasteiger partial charge in [0.25, 0.3) is 0 Å². The fraction of sp³-hybridized carbons (Fsp3) is 0.704. The molecule has 4 saturated carbocycles. The molecule has 0 unspecified atom stereocenters. The Kier molecular flexibility index (Phi) is 5.10. The SMILES string of the molecule is CC(=O)[C@H]1CC[C@]2([Se]c3ccccc3)[C@@H]3CC[C@@H]4CC(=O)CC[C@]4(C)[C@H]3CC[C@]12C. The molecule has 0 spiro atoms. The zero-order valence-electron chi connectivity index (χ0n) is 18.8. The molecule has 5 rings (SSSR count). The van der Waals surface area contributed by atoms with Gasteiger partial charge < -0.3 is 0 Å². The van der Waals surface area contributed by atoms with E-state index >= 15 is 0 Å². The van der Waals surface area contributed by atoms with Crippen LogP contribution in [-0.4, -0.2) is 26.5 Å². The number of benzene rings is 1. The number of carbonyl (C=O) groups is 2. The fourth-order valence-corrected chi connectivity index (χ4v) is 12.4. The van der Waals surface area contributed by atoms with E-state index in [0.29, 0.717) is 37.9 Å². The van der Waals surface area contributed by atoms with Crippen molar-refractivity contribution in [1.29, 1.82) is 0 Å². The number of rotatable bonds is 3. The zero-order chi connectivity index (χ0) is 21.1. The average Bonchev–Trinajstić information content (AvgIpc) is 3.02. The molecule has 0 aliphatic heterocycles. The van der Waals surface area contributed by atoms with Crippen molar-refractivity contribution < 1.29 is 9.59 Å². The number of carbonyl (C=O) groups excluding carboxylic acids is 2. The van der Waals surface area contributed by atoms with Crippen LogP contribution in [0.3, 0.4) is 0 Å². The first kappa shape index (κ1) is 21.0. The minimum absolute atomic E-state index is 0.142. The minimum atomic E-state index is 0.142. The maximum atomic E-state index is 12.8. The van der Waals surface area contributed by atoms with E-state index < -0.39 is 0 Å². The molecule has 4 aliphatic carbocycles. The van der Waals surface area contributed by atoms with Gasteiger partial charge in [-0.25, -0.2) is 0 Å². The van der Waals surface area contributed by atoms with Crippen LogP contribution < -0.4 is 4.46 Å². The maximum absolute atomic E-state index is 12.8. The van der Waals surface area contributed by atoms with Crippen molar-refractivity contribution in [3.05, 3.63) is 30.3 Å². The molecule has 0 aromatic heterocycles. The van der Waals surface area contributed by atoms with E-state index in [2.05, 4.69) is 44.2 Å². The number of ketones is 2. The summed E-state index contributed by atoms with van der Waals surface area (Å²) in [4.78, 5) is 25.0. The Morgan fingerprint density at radius 2 is 1.73 bits per heavy atom. The summed E-state index contributed by atoms with van der Waals surface area (Å²) in [7, 11) is 0. The molecular formula is C27H36O2Se. The van der Waals surface area contributed by atoms with Crippen molar-refractivity contribution in [1.82, 2.24) is 0 Å². The molecule has 1 aromatic carbocycles. The number of hydrogen-bond donors (Lipinski definition) is 0. The van der Waals surface area contributed by atoms with Gasteiger partial charge in [-0.2, -0.15) is 0 Å². The standard InChI is InChI=1S/C27H36O2Se/c1-18(28)22-13-16-27(30-21-7-5-4-6-8-21)24-10-9-19-17-20(29)11-14-25(19,2)23(24)12-15-26(22,27)3/h4-8,19,22-24H,9-17H2,1-3H3/t19-,22-,23+,24-,25+,26-,27+/m1/s1. The molecule has 4 fully saturated rings. The van der Waals surface area contributed by atoms with Crippen molar-refractivity contribution in [2.45, 2.75) is 82.9 Å². The van der Waals surface area contributed by atoms with Gasteiger partial charge in [0.1, 0.15) is 0 Å². The van der Waals surface area contributed by atoms with Gasteiger partial charge >= 0.3 is 188 Å². The third kappa shape index (κ3) is 2.87. The quantitative estimate of drug-likeness (QED) is 0.555. The van der Waals surface area contributed by atoms with Crippen LogP contribution in [0.1, 0.15) is 78.6 Å².